The number of hydrogen-bond donors (Lipinski definition) is 2. The minimum atomic E-state index is -4.47. The molecule has 0 unspecified atom stereocenters. The summed E-state index contributed by atoms with van der Waals surface area (Å²) in [6.45, 7) is 6.05. The molecule has 3 aromatic rings. The van der Waals surface area contributed by atoms with E-state index < -0.39 is 24.0 Å². The molecule has 1 aromatic carbocycles. The van der Waals surface area contributed by atoms with Crippen LogP contribution in [0.15, 0.2) is 16.5 Å². The van der Waals surface area contributed by atoms with E-state index in [0.717, 1.165) is 25.7 Å². The number of nitrogens with one attached hydrogen (secondary N) is 2. The number of pyridine rings is 1. The number of alkyl halides is 3. The van der Waals surface area contributed by atoms with E-state index in [4.69, 9.17) is 4.42 Å². The van der Waals surface area contributed by atoms with Crippen LogP contribution in [0, 0.1) is 12.7 Å². The third kappa shape index (κ3) is 5.26. The second kappa shape index (κ2) is 9.03. The highest BCUT2D eigenvalue weighted by Gasteiger charge is 2.29. The SMILES string of the molecule is Cc1cc(-c2nnc(NC3CCCCC3)o2)nc2c(C(C)(C)C)cc(NCC(F)(F)F)c(F)c12. The van der Waals surface area contributed by atoms with Crippen LogP contribution >= 0.6 is 0 Å². The van der Waals surface area contributed by atoms with Crippen molar-refractivity contribution < 1.29 is 22.0 Å². The van der Waals surface area contributed by atoms with Crippen molar-refractivity contribution >= 4 is 22.6 Å². The number of hydrogen-bond acceptors (Lipinski definition) is 6. The molecule has 0 aliphatic heterocycles. The summed E-state index contributed by atoms with van der Waals surface area (Å²) in [6, 6.07) is 3.63. The lowest BCUT2D eigenvalue weighted by atomic mass is 9.84. The molecule has 0 amide bonds. The summed E-state index contributed by atoms with van der Waals surface area (Å²) in [7, 11) is 0. The standard InChI is InChI=1S/C24H29F4N5O/c1-13-10-17(21-32-33-22(34-21)30-14-8-6-5-7-9-14)31-20-15(23(2,3)4)11-16(19(25)18(13)20)29-12-24(26,27)28/h10-11,14,29H,5-9,12H2,1-4H3,(H,30,33). The maximum absolute atomic E-state index is 15.3. The van der Waals surface area contributed by atoms with Gasteiger partial charge in [0.1, 0.15) is 12.2 Å². The first-order valence-corrected chi connectivity index (χ1v) is 11.5. The Morgan fingerprint density at radius 1 is 1.06 bits per heavy atom. The minimum absolute atomic E-state index is 0.168. The Bertz CT molecular complexity index is 1180. The molecule has 184 valence electrons. The van der Waals surface area contributed by atoms with E-state index >= 15 is 4.39 Å². The third-order valence-corrected chi connectivity index (χ3v) is 6.08. The minimum Gasteiger partial charge on any atom is -0.402 e. The maximum Gasteiger partial charge on any atom is 0.405 e. The molecule has 0 saturated heterocycles. The fourth-order valence-corrected chi connectivity index (χ4v) is 4.37. The van der Waals surface area contributed by atoms with Crippen LogP contribution < -0.4 is 10.6 Å². The van der Waals surface area contributed by atoms with Gasteiger partial charge in [0.25, 0.3) is 5.89 Å². The molecule has 1 saturated carbocycles. The van der Waals surface area contributed by atoms with Crippen molar-refractivity contribution in [1.82, 2.24) is 15.2 Å². The molecule has 10 heteroatoms. The van der Waals surface area contributed by atoms with Crippen molar-refractivity contribution in [2.45, 2.75) is 77.4 Å². The van der Waals surface area contributed by atoms with Crippen LogP contribution in [0.5, 0.6) is 0 Å². The zero-order valence-corrected chi connectivity index (χ0v) is 19.7. The number of rotatable bonds is 5. The molecular formula is C24H29F4N5O. The second-order valence-electron chi connectivity index (χ2n) is 9.94. The first-order chi connectivity index (χ1) is 15.9. The number of aromatic nitrogens is 3. The molecule has 2 aromatic heterocycles. The molecule has 2 N–H and O–H groups in total. The van der Waals surface area contributed by atoms with E-state index in [2.05, 4.69) is 25.8 Å². The van der Waals surface area contributed by atoms with Gasteiger partial charge in [0, 0.05) is 11.4 Å². The van der Waals surface area contributed by atoms with Crippen molar-refractivity contribution in [1.29, 1.82) is 0 Å². The fourth-order valence-electron chi connectivity index (χ4n) is 4.37. The smallest absolute Gasteiger partial charge is 0.402 e. The Balaban J connectivity index is 1.75. The highest BCUT2D eigenvalue weighted by molar-refractivity contribution is 5.91. The normalized spacial score (nSPS) is 15.6. The van der Waals surface area contributed by atoms with E-state index in [1.54, 1.807) is 13.0 Å². The summed E-state index contributed by atoms with van der Waals surface area (Å²) in [6.07, 6.45) is 1.17. The van der Waals surface area contributed by atoms with E-state index in [1.807, 2.05) is 20.8 Å². The molecule has 0 atom stereocenters. The van der Waals surface area contributed by atoms with Crippen LogP contribution in [-0.4, -0.2) is 33.9 Å². The molecule has 0 spiro atoms. The summed E-state index contributed by atoms with van der Waals surface area (Å²) in [5.41, 5.74) is 1.15. The molecule has 2 heterocycles. The number of benzene rings is 1. The van der Waals surface area contributed by atoms with Crippen molar-refractivity contribution in [2.24, 2.45) is 0 Å². The first-order valence-electron chi connectivity index (χ1n) is 11.5. The highest BCUT2D eigenvalue weighted by Crippen LogP contribution is 2.38. The lowest BCUT2D eigenvalue weighted by molar-refractivity contribution is -0.115. The molecule has 1 aliphatic carbocycles. The van der Waals surface area contributed by atoms with Gasteiger partial charge in [-0.05, 0) is 48.4 Å². The molecule has 0 radical (unpaired) electrons. The van der Waals surface area contributed by atoms with Crippen LogP contribution in [0.3, 0.4) is 0 Å². The fraction of sp³-hybridized carbons (Fsp3) is 0.542. The van der Waals surface area contributed by atoms with Crippen LogP contribution in [0.25, 0.3) is 22.5 Å². The average Bonchev–Trinajstić information content (AvgIpc) is 3.20. The number of anilines is 2. The predicted octanol–water partition coefficient (Wildman–Crippen LogP) is 6.75. The van der Waals surface area contributed by atoms with Gasteiger partial charge in [0.05, 0.1) is 11.2 Å². The van der Waals surface area contributed by atoms with Gasteiger partial charge in [-0.2, -0.15) is 13.2 Å². The summed E-state index contributed by atoms with van der Waals surface area (Å²) < 4.78 is 59.4. The number of nitrogens with zero attached hydrogens (tertiary/aromatic N) is 3. The Labute approximate surface area is 195 Å². The van der Waals surface area contributed by atoms with Crippen molar-refractivity contribution in [3.05, 3.63) is 29.1 Å². The topological polar surface area (TPSA) is 75.9 Å². The van der Waals surface area contributed by atoms with Crippen LogP contribution in [0.4, 0.5) is 29.3 Å². The van der Waals surface area contributed by atoms with Gasteiger partial charge in [-0.1, -0.05) is 45.1 Å². The van der Waals surface area contributed by atoms with Gasteiger partial charge in [0.2, 0.25) is 0 Å². The van der Waals surface area contributed by atoms with Gasteiger partial charge in [0.15, 0.2) is 5.82 Å². The summed E-state index contributed by atoms with van der Waals surface area (Å²) in [5.74, 6) is -0.572. The average molecular weight is 480 g/mol. The Morgan fingerprint density at radius 2 is 1.76 bits per heavy atom. The monoisotopic (exact) mass is 479 g/mol. The van der Waals surface area contributed by atoms with Gasteiger partial charge in [-0.15, -0.1) is 5.10 Å². The Morgan fingerprint density at radius 3 is 2.41 bits per heavy atom. The Hall–Kier alpha value is -2.91. The van der Waals surface area contributed by atoms with Crippen molar-refractivity contribution in [3.63, 3.8) is 0 Å². The molecule has 34 heavy (non-hydrogen) atoms. The van der Waals surface area contributed by atoms with Gasteiger partial charge < -0.3 is 15.1 Å². The predicted molar refractivity (Wildman–Crippen MR) is 123 cm³/mol. The lowest BCUT2D eigenvalue weighted by Crippen LogP contribution is -2.22. The van der Waals surface area contributed by atoms with Gasteiger partial charge in [-0.3, -0.25) is 0 Å². The zero-order valence-electron chi connectivity index (χ0n) is 19.7. The van der Waals surface area contributed by atoms with Gasteiger partial charge >= 0.3 is 12.2 Å². The molecule has 0 bridgehead atoms. The van der Waals surface area contributed by atoms with E-state index in [9.17, 15) is 13.2 Å². The molecular weight excluding hydrogens is 450 g/mol. The second-order valence-corrected chi connectivity index (χ2v) is 9.94. The number of halogens is 4. The molecule has 1 aliphatic rings. The van der Waals surface area contributed by atoms with Crippen molar-refractivity contribution in [2.75, 3.05) is 17.2 Å². The van der Waals surface area contributed by atoms with E-state index in [-0.39, 0.29) is 23.0 Å². The summed E-state index contributed by atoms with van der Waals surface area (Å²) in [4.78, 5) is 4.63. The Kier molecular flexibility index (Phi) is 6.44. The zero-order chi connectivity index (χ0) is 24.7. The van der Waals surface area contributed by atoms with Crippen LogP contribution in [-0.2, 0) is 5.41 Å². The maximum atomic E-state index is 15.3. The summed E-state index contributed by atoms with van der Waals surface area (Å²) in [5, 5.41) is 13.8. The summed E-state index contributed by atoms with van der Waals surface area (Å²) >= 11 is 0. The first kappa shape index (κ1) is 24.2. The van der Waals surface area contributed by atoms with E-state index in [0.29, 0.717) is 28.4 Å². The lowest BCUT2D eigenvalue weighted by Gasteiger charge is -2.24. The molecule has 4 rings (SSSR count). The van der Waals surface area contributed by atoms with E-state index in [1.165, 1.54) is 12.5 Å². The number of fused-ring (bicyclic) bond motifs is 1. The number of aryl methyl sites for hydroxylation is 1. The molecule has 6 nitrogen and oxygen atoms in total. The van der Waals surface area contributed by atoms with Gasteiger partial charge in [-0.25, -0.2) is 9.37 Å². The third-order valence-electron chi connectivity index (χ3n) is 6.08. The van der Waals surface area contributed by atoms with Crippen LogP contribution in [0.1, 0.15) is 64.0 Å². The highest BCUT2D eigenvalue weighted by atomic mass is 19.4. The molecule has 1 fully saturated rings. The van der Waals surface area contributed by atoms with Crippen LogP contribution in [0.2, 0.25) is 0 Å². The largest absolute Gasteiger partial charge is 0.405 e. The quantitative estimate of drug-likeness (QED) is 0.394. The van der Waals surface area contributed by atoms with Crippen molar-refractivity contribution in [3.8, 4) is 11.6 Å².